The van der Waals surface area contributed by atoms with Gasteiger partial charge in [-0.1, -0.05) is 51.9 Å². The Kier molecular flexibility index (Phi) is 13.5. The number of rotatable bonds is 17. The van der Waals surface area contributed by atoms with Crippen LogP contribution in [0.4, 0.5) is 0 Å². The molecule has 1 rings (SSSR count). The summed E-state index contributed by atoms with van der Waals surface area (Å²) in [7, 11) is 0. The van der Waals surface area contributed by atoms with E-state index in [2.05, 4.69) is 6.92 Å². The lowest BCUT2D eigenvalue weighted by Crippen LogP contribution is -2.42. The predicted octanol–water partition coefficient (Wildman–Crippen LogP) is 1.64. The molecular formula is C21H36O8. The van der Waals surface area contributed by atoms with Crippen molar-refractivity contribution in [2.75, 3.05) is 19.8 Å². The van der Waals surface area contributed by atoms with Crippen LogP contribution in [-0.2, 0) is 23.8 Å². The minimum Gasteiger partial charge on any atom is -0.499 e. The summed E-state index contributed by atoms with van der Waals surface area (Å²) in [4.78, 5) is 23.0. The number of aliphatic hydroxyl groups is 3. The van der Waals surface area contributed by atoms with Crippen molar-refractivity contribution in [1.82, 2.24) is 0 Å². The maximum atomic E-state index is 11.7. The summed E-state index contributed by atoms with van der Waals surface area (Å²) >= 11 is 0. The molecule has 0 aliphatic carbocycles. The highest BCUT2D eigenvalue weighted by Crippen LogP contribution is 2.19. The zero-order valence-electron chi connectivity index (χ0n) is 17.3. The summed E-state index contributed by atoms with van der Waals surface area (Å²) < 4.78 is 15.2. The van der Waals surface area contributed by atoms with E-state index >= 15 is 0 Å². The van der Waals surface area contributed by atoms with Crippen LogP contribution in [0.2, 0.25) is 0 Å². The first kappa shape index (κ1) is 25.6. The Bertz CT molecular complexity index is 493. The molecule has 0 aromatic rings. The number of esters is 1. The van der Waals surface area contributed by atoms with Crippen LogP contribution in [0.1, 0.15) is 64.7 Å². The van der Waals surface area contributed by atoms with Gasteiger partial charge in [0.2, 0.25) is 0 Å². The van der Waals surface area contributed by atoms with E-state index < -0.39 is 42.8 Å². The molecule has 0 amide bonds. The number of ether oxygens (including phenoxy) is 3. The average Bonchev–Trinajstić information content (AvgIpc) is 3.00. The molecule has 8 heteroatoms. The van der Waals surface area contributed by atoms with Gasteiger partial charge in [-0.25, -0.2) is 4.79 Å². The molecule has 1 saturated heterocycles. The Morgan fingerprint density at radius 2 is 1.69 bits per heavy atom. The number of aliphatic hydroxyl groups excluding tert-OH is 3. The van der Waals surface area contributed by atoms with Gasteiger partial charge in [0, 0.05) is 0 Å². The third-order valence-electron chi connectivity index (χ3n) is 4.74. The summed E-state index contributed by atoms with van der Waals surface area (Å²) in [6, 6.07) is 0. The molecule has 2 unspecified atom stereocenters. The van der Waals surface area contributed by atoms with Crippen molar-refractivity contribution in [2.24, 2.45) is 0 Å². The van der Waals surface area contributed by atoms with E-state index in [0.29, 0.717) is 0 Å². The fraction of sp³-hybridized carbons (Fsp3) is 0.810. The van der Waals surface area contributed by atoms with Crippen molar-refractivity contribution in [1.29, 1.82) is 0 Å². The van der Waals surface area contributed by atoms with E-state index in [-0.39, 0.29) is 13.2 Å². The van der Waals surface area contributed by atoms with Crippen LogP contribution in [0.25, 0.3) is 0 Å². The molecule has 1 heterocycles. The lowest BCUT2D eigenvalue weighted by atomic mass is 10.1. The minimum atomic E-state index is -1.43. The Hall–Kier alpha value is -1.48. The zero-order valence-corrected chi connectivity index (χ0v) is 17.3. The van der Waals surface area contributed by atoms with E-state index in [1.807, 2.05) is 6.08 Å². The van der Waals surface area contributed by atoms with Crippen LogP contribution in [0.5, 0.6) is 0 Å². The standard InChI is InChI=1S/C21H36O8/c1-2-3-4-5-6-7-8-9-10-11-12-27-14-16(23)15-28-20-18(25)21(26)29-19(20)17(24)13-22/h11-12,16-17,19-20,22-24H,2-10,13-15H2,1H3/t16?,17-,19+,20?/m0/s1. The maximum absolute atomic E-state index is 11.7. The zero-order chi connectivity index (χ0) is 21.5. The van der Waals surface area contributed by atoms with Gasteiger partial charge in [-0.2, -0.15) is 0 Å². The molecule has 0 radical (unpaired) electrons. The number of hydrogen-bond acceptors (Lipinski definition) is 8. The number of unbranched alkanes of at least 4 members (excludes halogenated alkanes) is 8. The Balaban J connectivity index is 2.10. The van der Waals surface area contributed by atoms with Crippen molar-refractivity contribution >= 4 is 11.8 Å². The number of carbonyl (C=O) groups excluding carboxylic acids is 2. The largest absolute Gasteiger partial charge is 0.499 e. The smallest absolute Gasteiger partial charge is 0.378 e. The van der Waals surface area contributed by atoms with Crippen molar-refractivity contribution in [3.8, 4) is 0 Å². The topological polar surface area (TPSA) is 123 Å². The molecule has 3 N–H and O–H groups in total. The number of Topliss-reactive ketones (excluding diaryl/α,β-unsaturated/α-hetero) is 1. The molecule has 1 aliphatic rings. The van der Waals surface area contributed by atoms with Crippen molar-refractivity contribution in [3.63, 3.8) is 0 Å². The molecular weight excluding hydrogens is 380 g/mol. The van der Waals surface area contributed by atoms with Crippen LogP contribution < -0.4 is 0 Å². The quantitative estimate of drug-likeness (QED) is 0.142. The molecule has 0 aromatic heterocycles. The van der Waals surface area contributed by atoms with Gasteiger partial charge in [0.1, 0.15) is 18.8 Å². The molecule has 8 nitrogen and oxygen atoms in total. The summed E-state index contributed by atoms with van der Waals surface area (Å²) in [6.07, 6.45) is 9.38. The van der Waals surface area contributed by atoms with Crippen molar-refractivity contribution in [2.45, 2.75) is 89.1 Å². The van der Waals surface area contributed by atoms with E-state index in [1.54, 1.807) is 0 Å². The number of carbonyl (C=O) groups is 2. The molecule has 0 aromatic carbocycles. The minimum absolute atomic E-state index is 0.0309. The monoisotopic (exact) mass is 416 g/mol. The molecule has 1 fully saturated rings. The lowest BCUT2D eigenvalue weighted by molar-refractivity contribution is -0.152. The first-order valence-electron chi connectivity index (χ1n) is 10.6. The number of hydrogen-bond donors (Lipinski definition) is 3. The van der Waals surface area contributed by atoms with Gasteiger partial charge < -0.3 is 29.5 Å². The summed E-state index contributed by atoms with van der Waals surface area (Å²) in [6.45, 7) is 1.23. The maximum Gasteiger partial charge on any atom is 0.378 e. The van der Waals surface area contributed by atoms with E-state index in [0.717, 1.165) is 12.8 Å². The Labute approximate surface area is 172 Å². The Morgan fingerprint density at radius 3 is 2.34 bits per heavy atom. The SMILES string of the molecule is CCCCCCCCCCC=COCC(O)COC1C(=O)C(=O)O[C@@H]1[C@@H](O)CO. The Morgan fingerprint density at radius 1 is 1.03 bits per heavy atom. The molecule has 168 valence electrons. The first-order chi connectivity index (χ1) is 14.0. The molecule has 0 spiro atoms. The van der Waals surface area contributed by atoms with Crippen LogP contribution in [-0.4, -0.2) is 71.3 Å². The highest BCUT2D eigenvalue weighted by atomic mass is 16.6. The molecule has 0 saturated carbocycles. The normalized spacial score (nSPS) is 21.5. The van der Waals surface area contributed by atoms with E-state index in [9.17, 15) is 19.8 Å². The highest BCUT2D eigenvalue weighted by molar-refractivity contribution is 6.37. The van der Waals surface area contributed by atoms with Crippen molar-refractivity contribution < 1.29 is 39.1 Å². The first-order valence-corrected chi connectivity index (χ1v) is 10.6. The van der Waals surface area contributed by atoms with Crippen molar-refractivity contribution in [3.05, 3.63) is 12.3 Å². The van der Waals surface area contributed by atoms with Gasteiger partial charge in [-0.15, -0.1) is 0 Å². The number of ketones is 1. The van der Waals surface area contributed by atoms with Gasteiger partial charge in [-0.05, 0) is 18.9 Å². The fourth-order valence-corrected chi connectivity index (χ4v) is 3.03. The van der Waals surface area contributed by atoms with Crippen LogP contribution >= 0.6 is 0 Å². The molecule has 0 bridgehead atoms. The van der Waals surface area contributed by atoms with Crippen LogP contribution in [0, 0.1) is 0 Å². The summed E-state index contributed by atoms with van der Waals surface area (Å²) in [5.74, 6) is -2.07. The van der Waals surface area contributed by atoms with Crippen LogP contribution in [0.3, 0.4) is 0 Å². The van der Waals surface area contributed by atoms with Gasteiger partial charge in [-0.3, -0.25) is 4.79 Å². The second-order valence-electron chi connectivity index (χ2n) is 7.36. The van der Waals surface area contributed by atoms with Crippen LogP contribution in [0.15, 0.2) is 12.3 Å². The summed E-state index contributed by atoms with van der Waals surface area (Å²) in [5.41, 5.74) is 0. The lowest BCUT2D eigenvalue weighted by Gasteiger charge is -2.21. The third kappa shape index (κ3) is 10.2. The van der Waals surface area contributed by atoms with E-state index in [4.69, 9.17) is 19.3 Å². The van der Waals surface area contributed by atoms with Gasteiger partial charge in [0.25, 0.3) is 5.78 Å². The third-order valence-corrected chi connectivity index (χ3v) is 4.74. The summed E-state index contributed by atoms with van der Waals surface area (Å²) in [5, 5.41) is 28.4. The number of cyclic esters (lactones) is 1. The molecule has 29 heavy (non-hydrogen) atoms. The second-order valence-corrected chi connectivity index (χ2v) is 7.36. The predicted molar refractivity (Wildman–Crippen MR) is 106 cm³/mol. The fourth-order valence-electron chi connectivity index (χ4n) is 3.03. The number of allylic oxidation sites excluding steroid dienone is 1. The molecule has 4 atom stereocenters. The highest BCUT2D eigenvalue weighted by Gasteiger charge is 2.48. The van der Waals surface area contributed by atoms with Gasteiger partial charge >= 0.3 is 5.97 Å². The van der Waals surface area contributed by atoms with Gasteiger partial charge in [0.05, 0.1) is 19.5 Å². The average molecular weight is 417 g/mol. The second kappa shape index (κ2) is 15.4. The molecule has 1 aliphatic heterocycles. The van der Waals surface area contributed by atoms with E-state index in [1.165, 1.54) is 51.2 Å². The van der Waals surface area contributed by atoms with Gasteiger partial charge in [0.15, 0.2) is 12.2 Å².